The molecule has 3 rings (SSSR count). The molecule has 1 N–H and O–H groups in total. The van der Waals surface area contributed by atoms with Gasteiger partial charge in [-0.1, -0.05) is 43.5 Å². The highest BCUT2D eigenvalue weighted by molar-refractivity contribution is 5.70. The third-order valence-electron chi connectivity index (χ3n) is 5.16. The van der Waals surface area contributed by atoms with E-state index in [1.165, 1.54) is 50.8 Å². The first-order chi connectivity index (χ1) is 10.2. The van der Waals surface area contributed by atoms with E-state index in [1.54, 1.807) is 0 Å². The number of fused-ring (bicyclic) bond motifs is 1. The number of nitrogens with zero attached hydrogens (tertiary/aromatic N) is 1. The van der Waals surface area contributed by atoms with Crippen LogP contribution in [0, 0.1) is 11.8 Å². The second-order valence-corrected chi connectivity index (χ2v) is 6.72. The van der Waals surface area contributed by atoms with Crippen LogP contribution in [0.25, 0.3) is 0 Å². The number of carbonyl (C=O) groups is 1. The minimum atomic E-state index is -0.762. The number of benzene rings is 1. The Morgan fingerprint density at radius 2 is 1.71 bits per heavy atom. The Balaban J connectivity index is 1.55. The zero-order valence-corrected chi connectivity index (χ0v) is 12.6. The summed E-state index contributed by atoms with van der Waals surface area (Å²) < 4.78 is 0. The number of hydrogen-bond acceptors (Lipinski definition) is 2. The van der Waals surface area contributed by atoms with Crippen molar-refractivity contribution in [3.8, 4) is 0 Å². The average Bonchev–Trinajstić information content (AvgIpc) is 2.49. The van der Waals surface area contributed by atoms with Crippen LogP contribution in [0.5, 0.6) is 0 Å². The summed E-state index contributed by atoms with van der Waals surface area (Å²) in [7, 11) is 0. The minimum absolute atomic E-state index is 0.119. The zero-order valence-electron chi connectivity index (χ0n) is 12.6. The van der Waals surface area contributed by atoms with Crippen LogP contribution in [-0.4, -0.2) is 29.1 Å². The second kappa shape index (κ2) is 6.61. The number of likely N-dealkylation sites (tertiary alicyclic amines) is 1. The zero-order chi connectivity index (χ0) is 14.7. The van der Waals surface area contributed by atoms with E-state index < -0.39 is 5.97 Å². The van der Waals surface area contributed by atoms with Crippen molar-refractivity contribution >= 4 is 5.97 Å². The van der Waals surface area contributed by atoms with Crippen LogP contribution in [0.1, 0.15) is 43.2 Å². The Labute approximate surface area is 127 Å². The van der Waals surface area contributed by atoms with Gasteiger partial charge < -0.3 is 5.11 Å². The van der Waals surface area contributed by atoms with Crippen molar-refractivity contribution in [2.45, 2.75) is 45.1 Å². The fraction of sp³-hybridized carbons (Fsp3) is 0.611. The molecule has 21 heavy (non-hydrogen) atoms. The topological polar surface area (TPSA) is 40.5 Å². The highest BCUT2D eigenvalue weighted by Crippen LogP contribution is 2.36. The van der Waals surface area contributed by atoms with Gasteiger partial charge in [-0.15, -0.1) is 0 Å². The molecular formula is C18H25NO2. The summed E-state index contributed by atoms with van der Waals surface area (Å²) in [6.07, 6.45) is 7.20. The van der Waals surface area contributed by atoms with Gasteiger partial charge in [-0.3, -0.25) is 9.69 Å². The lowest BCUT2D eigenvalue weighted by Crippen LogP contribution is -2.41. The van der Waals surface area contributed by atoms with Crippen molar-refractivity contribution in [3.63, 3.8) is 0 Å². The van der Waals surface area contributed by atoms with Gasteiger partial charge in [0.1, 0.15) is 0 Å². The Bertz CT molecular complexity index is 482. The van der Waals surface area contributed by atoms with Gasteiger partial charge >= 0.3 is 5.97 Å². The molecule has 1 aromatic carbocycles. The van der Waals surface area contributed by atoms with Crippen molar-refractivity contribution in [2.24, 2.45) is 11.8 Å². The molecular weight excluding hydrogens is 262 g/mol. The third kappa shape index (κ3) is 3.85. The average molecular weight is 287 g/mol. The lowest BCUT2D eigenvalue weighted by Gasteiger charge is -2.41. The molecule has 1 aromatic rings. The number of rotatable bonds is 4. The van der Waals surface area contributed by atoms with E-state index in [-0.39, 0.29) is 6.42 Å². The van der Waals surface area contributed by atoms with Crippen LogP contribution in [0.4, 0.5) is 0 Å². The van der Waals surface area contributed by atoms with Gasteiger partial charge in [0.15, 0.2) is 0 Å². The van der Waals surface area contributed by atoms with Crippen molar-refractivity contribution in [2.75, 3.05) is 13.1 Å². The van der Waals surface area contributed by atoms with Crippen LogP contribution in [-0.2, 0) is 17.8 Å². The largest absolute Gasteiger partial charge is 0.481 e. The normalized spacial score (nSPS) is 26.3. The van der Waals surface area contributed by atoms with Gasteiger partial charge in [-0.25, -0.2) is 0 Å². The Morgan fingerprint density at radius 3 is 2.43 bits per heavy atom. The van der Waals surface area contributed by atoms with Crippen LogP contribution >= 0.6 is 0 Å². The molecule has 0 amide bonds. The molecule has 2 unspecified atom stereocenters. The first-order valence-electron chi connectivity index (χ1n) is 8.22. The van der Waals surface area contributed by atoms with Gasteiger partial charge in [-0.05, 0) is 42.3 Å². The molecule has 0 radical (unpaired) electrons. The van der Waals surface area contributed by atoms with E-state index in [9.17, 15) is 4.79 Å². The van der Waals surface area contributed by atoms with E-state index in [2.05, 4.69) is 17.0 Å². The molecule has 2 fully saturated rings. The summed E-state index contributed by atoms with van der Waals surface area (Å²) in [4.78, 5) is 13.3. The molecule has 1 saturated carbocycles. The SMILES string of the molecule is O=C(O)Cc1ccc(CN2CCC3CCCCC3C2)cc1. The summed E-state index contributed by atoms with van der Waals surface area (Å²) in [5.41, 5.74) is 2.19. The van der Waals surface area contributed by atoms with Crippen molar-refractivity contribution in [3.05, 3.63) is 35.4 Å². The molecule has 0 bridgehead atoms. The second-order valence-electron chi connectivity index (χ2n) is 6.72. The van der Waals surface area contributed by atoms with Gasteiger partial charge in [0.2, 0.25) is 0 Å². The molecule has 3 heteroatoms. The molecule has 1 saturated heterocycles. The molecule has 1 aliphatic heterocycles. The van der Waals surface area contributed by atoms with E-state index in [1.807, 2.05) is 12.1 Å². The number of aliphatic carboxylic acids is 1. The van der Waals surface area contributed by atoms with Crippen molar-refractivity contribution in [1.82, 2.24) is 4.90 Å². The minimum Gasteiger partial charge on any atom is -0.481 e. The number of hydrogen-bond donors (Lipinski definition) is 1. The van der Waals surface area contributed by atoms with Crippen LogP contribution in [0.15, 0.2) is 24.3 Å². The van der Waals surface area contributed by atoms with E-state index in [0.29, 0.717) is 0 Å². The number of carboxylic acids is 1. The fourth-order valence-electron chi connectivity index (χ4n) is 4.02. The van der Waals surface area contributed by atoms with E-state index >= 15 is 0 Å². The van der Waals surface area contributed by atoms with Gasteiger partial charge in [0.05, 0.1) is 6.42 Å². The molecule has 1 heterocycles. The predicted molar refractivity (Wildman–Crippen MR) is 83.1 cm³/mol. The smallest absolute Gasteiger partial charge is 0.307 e. The maximum atomic E-state index is 10.7. The molecule has 2 atom stereocenters. The Morgan fingerprint density at radius 1 is 1.05 bits per heavy atom. The quantitative estimate of drug-likeness (QED) is 0.923. The molecule has 3 nitrogen and oxygen atoms in total. The Kier molecular flexibility index (Phi) is 4.59. The highest BCUT2D eigenvalue weighted by Gasteiger charge is 2.30. The molecule has 2 aliphatic rings. The van der Waals surface area contributed by atoms with Crippen LogP contribution in [0.2, 0.25) is 0 Å². The van der Waals surface area contributed by atoms with E-state index in [4.69, 9.17) is 5.11 Å². The molecule has 1 aliphatic carbocycles. The number of piperidine rings is 1. The monoisotopic (exact) mass is 287 g/mol. The van der Waals surface area contributed by atoms with Gasteiger partial charge in [0.25, 0.3) is 0 Å². The van der Waals surface area contributed by atoms with Crippen molar-refractivity contribution < 1.29 is 9.90 Å². The highest BCUT2D eigenvalue weighted by atomic mass is 16.4. The van der Waals surface area contributed by atoms with Crippen LogP contribution < -0.4 is 0 Å². The van der Waals surface area contributed by atoms with Gasteiger partial charge in [-0.2, -0.15) is 0 Å². The van der Waals surface area contributed by atoms with E-state index in [0.717, 1.165) is 23.9 Å². The van der Waals surface area contributed by atoms with Gasteiger partial charge in [0, 0.05) is 13.1 Å². The summed E-state index contributed by atoms with van der Waals surface area (Å²) in [6.45, 7) is 3.48. The molecule has 0 spiro atoms. The third-order valence-corrected chi connectivity index (χ3v) is 5.16. The molecule has 0 aromatic heterocycles. The Hall–Kier alpha value is -1.35. The summed E-state index contributed by atoms with van der Waals surface area (Å²) in [5.74, 6) is 1.13. The lowest BCUT2D eigenvalue weighted by atomic mass is 9.75. The summed E-state index contributed by atoms with van der Waals surface area (Å²) in [5, 5.41) is 8.80. The summed E-state index contributed by atoms with van der Waals surface area (Å²) in [6, 6.07) is 8.09. The maximum Gasteiger partial charge on any atom is 0.307 e. The van der Waals surface area contributed by atoms with Crippen LogP contribution in [0.3, 0.4) is 0 Å². The number of carboxylic acid groups (broad SMARTS) is 1. The maximum absolute atomic E-state index is 10.7. The molecule has 114 valence electrons. The first-order valence-corrected chi connectivity index (χ1v) is 8.22. The predicted octanol–water partition coefficient (Wildman–Crippen LogP) is 3.33. The standard InChI is InChI=1S/C18H25NO2/c20-18(21)11-14-5-7-15(8-6-14)12-19-10-9-16-3-1-2-4-17(16)13-19/h5-8,16-17H,1-4,9-13H2,(H,20,21). The summed E-state index contributed by atoms with van der Waals surface area (Å²) >= 11 is 0. The lowest BCUT2D eigenvalue weighted by molar-refractivity contribution is -0.136. The van der Waals surface area contributed by atoms with Crippen molar-refractivity contribution in [1.29, 1.82) is 0 Å². The fourth-order valence-corrected chi connectivity index (χ4v) is 4.02. The first kappa shape index (κ1) is 14.6.